The summed E-state index contributed by atoms with van der Waals surface area (Å²) in [7, 11) is 0. The van der Waals surface area contributed by atoms with Crippen molar-refractivity contribution in [2.45, 2.75) is 124 Å². The van der Waals surface area contributed by atoms with Crippen LogP contribution in [0.4, 0.5) is 0 Å². The summed E-state index contributed by atoms with van der Waals surface area (Å²) < 4.78 is 5.70. The van der Waals surface area contributed by atoms with E-state index >= 15 is 0 Å². The second kappa shape index (κ2) is 10.2. The number of hydrogen-bond acceptors (Lipinski definition) is 4. The first-order chi connectivity index (χ1) is 17.1. The van der Waals surface area contributed by atoms with E-state index in [2.05, 4.69) is 34.6 Å². The van der Waals surface area contributed by atoms with Crippen molar-refractivity contribution in [2.24, 2.45) is 64.1 Å². The van der Waals surface area contributed by atoms with Crippen molar-refractivity contribution in [1.82, 2.24) is 0 Å². The minimum Gasteiger partial charge on any atom is -0.466 e. The minimum absolute atomic E-state index is 0.00560. The monoisotopic (exact) mass is 502 g/mol. The van der Waals surface area contributed by atoms with Crippen molar-refractivity contribution in [1.29, 1.82) is 0 Å². The SMILES string of the molecule is CC[C@H]1[C@@H](O)[C@@H]2[C@H](CC[C@]3(C)[C@@H]([C@H](C)CCOC(=O)C[C@@H](C)C4CC4)CC[C@@H]23)[C@@]2(C)CC[C@@H](O)C[C@@H]12. The van der Waals surface area contributed by atoms with E-state index in [-0.39, 0.29) is 29.0 Å². The number of fused-ring (bicyclic) bond motifs is 5. The van der Waals surface area contributed by atoms with Crippen LogP contribution in [0.15, 0.2) is 0 Å². The molecule has 5 rings (SSSR count). The van der Waals surface area contributed by atoms with Gasteiger partial charge >= 0.3 is 5.97 Å². The zero-order valence-corrected chi connectivity index (χ0v) is 23.8. The molecule has 5 saturated carbocycles. The highest BCUT2D eigenvalue weighted by Crippen LogP contribution is 2.69. The Morgan fingerprint density at radius 1 is 0.917 bits per heavy atom. The second-order valence-electron chi connectivity index (χ2n) is 14.6. The van der Waals surface area contributed by atoms with Crippen LogP contribution in [0.1, 0.15) is 112 Å². The maximum Gasteiger partial charge on any atom is 0.306 e. The fourth-order valence-electron chi connectivity index (χ4n) is 10.6. The molecule has 2 N–H and O–H groups in total. The molecule has 4 heteroatoms. The molecule has 0 aromatic heterocycles. The molecule has 36 heavy (non-hydrogen) atoms. The Morgan fingerprint density at radius 3 is 2.31 bits per heavy atom. The van der Waals surface area contributed by atoms with E-state index in [0.717, 1.165) is 38.0 Å². The first-order valence-electron chi connectivity index (χ1n) is 15.6. The first kappa shape index (κ1) is 27.0. The first-order valence-corrected chi connectivity index (χ1v) is 15.6. The third-order valence-corrected chi connectivity index (χ3v) is 12.9. The lowest BCUT2D eigenvalue weighted by Gasteiger charge is -2.64. The van der Waals surface area contributed by atoms with Gasteiger partial charge < -0.3 is 14.9 Å². The summed E-state index contributed by atoms with van der Waals surface area (Å²) in [4.78, 5) is 12.3. The van der Waals surface area contributed by atoms with Crippen LogP contribution >= 0.6 is 0 Å². The lowest BCUT2D eigenvalue weighted by atomic mass is 9.41. The van der Waals surface area contributed by atoms with Crippen LogP contribution in [-0.2, 0) is 9.53 Å². The van der Waals surface area contributed by atoms with Gasteiger partial charge in [-0.25, -0.2) is 0 Å². The van der Waals surface area contributed by atoms with Gasteiger partial charge in [-0.15, -0.1) is 0 Å². The van der Waals surface area contributed by atoms with Gasteiger partial charge in [-0.1, -0.05) is 41.0 Å². The number of hydrogen-bond donors (Lipinski definition) is 2. The van der Waals surface area contributed by atoms with Gasteiger partial charge in [0.1, 0.15) is 0 Å². The zero-order chi connectivity index (χ0) is 25.8. The topological polar surface area (TPSA) is 66.8 Å². The number of carbonyl (C=O) groups is 1. The van der Waals surface area contributed by atoms with Crippen LogP contribution in [0, 0.1) is 64.1 Å². The average molecular weight is 503 g/mol. The van der Waals surface area contributed by atoms with Gasteiger partial charge in [0.25, 0.3) is 0 Å². The maximum atomic E-state index is 12.3. The van der Waals surface area contributed by atoms with E-state index < -0.39 is 0 Å². The van der Waals surface area contributed by atoms with Gasteiger partial charge in [0, 0.05) is 6.42 Å². The molecule has 12 atom stereocenters. The maximum absolute atomic E-state index is 12.3. The third kappa shape index (κ3) is 4.59. The van der Waals surface area contributed by atoms with E-state index in [4.69, 9.17) is 4.74 Å². The van der Waals surface area contributed by atoms with E-state index in [1.807, 2.05) is 0 Å². The van der Waals surface area contributed by atoms with Crippen molar-refractivity contribution in [3.8, 4) is 0 Å². The third-order valence-electron chi connectivity index (χ3n) is 12.9. The smallest absolute Gasteiger partial charge is 0.306 e. The van der Waals surface area contributed by atoms with Gasteiger partial charge in [-0.2, -0.15) is 0 Å². The van der Waals surface area contributed by atoms with Crippen LogP contribution < -0.4 is 0 Å². The molecule has 0 saturated heterocycles. The molecule has 0 aromatic rings. The number of carbonyl (C=O) groups excluding carboxylic acids is 1. The molecule has 206 valence electrons. The summed E-state index contributed by atoms with van der Waals surface area (Å²) in [5.41, 5.74) is 0.544. The number of esters is 1. The molecule has 5 aliphatic rings. The summed E-state index contributed by atoms with van der Waals surface area (Å²) in [5, 5.41) is 22.4. The normalized spacial score (nSPS) is 47.9. The van der Waals surface area contributed by atoms with Gasteiger partial charge in [-0.05, 0) is 128 Å². The predicted molar refractivity (Wildman–Crippen MR) is 143 cm³/mol. The average Bonchev–Trinajstić information content (AvgIpc) is 3.62. The Bertz CT molecular complexity index is 793. The standard InChI is InChI=1S/C32H54O4/c1-6-23-27-18-22(33)11-14-32(27,5)26-12-15-31(4)24(9-10-25(31)29(26)30(23)35)19(2)13-16-36-28(34)17-20(3)21-7-8-21/h19-27,29-30,33,35H,6-18H2,1-5H3/t19-,20-,22-,23-,24-,25+,26+,27+,29+,30-,31-,32-/m1/s1. The van der Waals surface area contributed by atoms with Gasteiger partial charge in [0.05, 0.1) is 18.8 Å². The molecule has 0 aromatic carbocycles. The Morgan fingerprint density at radius 2 is 1.61 bits per heavy atom. The van der Waals surface area contributed by atoms with Crippen LogP contribution in [0.3, 0.4) is 0 Å². The van der Waals surface area contributed by atoms with Gasteiger partial charge in [0.2, 0.25) is 0 Å². The van der Waals surface area contributed by atoms with Crippen LogP contribution in [-0.4, -0.2) is 35.0 Å². The summed E-state index contributed by atoms with van der Waals surface area (Å²) in [5.74, 6) is 4.79. The lowest BCUT2D eigenvalue weighted by Crippen LogP contribution is -2.62. The summed E-state index contributed by atoms with van der Waals surface area (Å²) in [6, 6.07) is 0. The molecule has 0 radical (unpaired) electrons. The highest BCUT2D eigenvalue weighted by atomic mass is 16.5. The molecule has 0 heterocycles. The summed E-state index contributed by atoms with van der Waals surface area (Å²) >= 11 is 0. The summed E-state index contributed by atoms with van der Waals surface area (Å²) in [6.07, 6.45) is 12.6. The molecule has 0 amide bonds. The van der Waals surface area contributed by atoms with E-state index in [1.165, 1.54) is 38.5 Å². The van der Waals surface area contributed by atoms with Crippen molar-refractivity contribution in [2.75, 3.05) is 6.61 Å². The van der Waals surface area contributed by atoms with Crippen LogP contribution in [0.2, 0.25) is 0 Å². The molecular formula is C32H54O4. The number of rotatable bonds is 8. The number of aliphatic hydroxyl groups is 2. The van der Waals surface area contributed by atoms with Gasteiger partial charge in [0.15, 0.2) is 0 Å². The number of aliphatic hydroxyl groups excluding tert-OH is 2. The van der Waals surface area contributed by atoms with Crippen molar-refractivity contribution < 1.29 is 19.7 Å². The Hall–Kier alpha value is -0.610. The Labute approximate surface area is 220 Å². The van der Waals surface area contributed by atoms with Gasteiger partial charge in [-0.3, -0.25) is 4.79 Å². The van der Waals surface area contributed by atoms with E-state index in [1.54, 1.807) is 0 Å². The largest absolute Gasteiger partial charge is 0.466 e. The van der Waals surface area contributed by atoms with Crippen molar-refractivity contribution in [3.63, 3.8) is 0 Å². The highest BCUT2D eigenvalue weighted by molar-refractivity contribution is 5.69. The fraction of sp³-hybridized carbons (Fsp3) is 0.969. The summed E-state index contributed by atoms with van der Waals surface area (Å²) in [6.45, 7) is 12.5. The minimum atomic E-state index is -0.225. The Balaban J connectivity index is 1.24. The molecular weight excluding hydrogens is 448 g/mol. The molecule has 0 aliphatic heterocycles. The number of ether oxygens (including phenoxy) is 1. The van der Waals surface area contributed by atoms with Crippen molar-refractivity contribution in [3.05, 3.63) is 0 Å². The lowest BCUT2D eigenvalue weighted by molar-refractivity contribution is -0.203. The highest BCUT2D eigenvalue weighted by Gasteiger charge is 2.64. The van der Waals surface area contributed by atoms with Crippen molar-refractivity contribution >= 4 is 5.97 Å². The molecule has 5 aliphatic carbocycles. The molecule has 0 bridgehead atoms. The molecule has 0 spiro atoms. The molecule has 5 fully saturated rings. The fourth-order valence-corrected chi connectivity index (χ4v) is 10.6. The zero-order valence-electron chi connectivity index (χ0n) is 23.8. The van der Waals surface area contributed by atoms with E-state index in [0.29, 0.717) is 60.4 Å². The second-order valence-corrected chi connectivity index (χ2v) is 14.6. The van der Waals surface area contributed by atoms with Crippen LogP contribution in [0.25, 0.3) is 0 Å². The molecule has 0 unspecified atom stereocenters. The van der Waals surface area contributed by atoms with E-state index in [9.17, 15) is 15.0 Å². The Kier molecular flexibility index (Phi) is 7.62. The predicted octanol–water partition coefficient (Wildman–Crippen LogP) is 6.62. The quantitative estimate of drug-likeness (QED) is 0.366. The molecule has 4 nitrogen and oxygen atoms in total. The van der Waals surface area contributed by atoms with Crippen LogP contribution in [0.5, 0.6) is 0 Å².